The largest absolute Gasteiger partial charge is 0.419 e. The molecule has 0 radical (unpaired) electrons. The van der Waals surface area contributed by atoms with Crippen LogP contribution in [0, 0.1) is 11.8 Å². The molecule has 6 heteroatoms. The Labute approximate surface area is 110 Å². The summed E-state index contributed by atoms with van der Waals surface area (Å²) >= 11 is 0. The summed E-state index contributed by atoms with van der Waals surface area (Å²) in [5, 5.41) is 7.26. The zero-order valence-electron chi connectivity index (χ0n) is 10.7. The van der Waals surface area contributed by atoms with E-state index in [-0.39, 0.29) is 0 Å². The molecule has 0 spiro atoms. The highest BCUT2D eigenvalue weighted by Crippen LogP contribution is 2.44. The van der Waals surface area contributed by atoms with E-state index in [0.29, 0.717) is 19.1 Å². The molecular weight excluding hydrogens is 255 g/mol. The van der Waals surface area contributed by atoms with Gasteiger partial charge in [0.05, 0.1) is 18.3 Å². The Balaban J connectivity index is 1.47. The molecule has 0 saturated heterocycles. The Morgan fingerprint density at radius 3 is 2.37 bits per heavy atom. The van der Waals surface area contributed by atoms with Gasteiger partial charge in [-0.15, -0.1) is 0 Å². The number of halogens is 3. The Morgan fingerprint density at radius 1 is 1.26 bits per heavy atom. The van der Waals surface area contributed by atoms with Crippen molar-refractivity contribution in [2.45, 2.75) is 44.4 Å². The van der Waals surface area contributed by atoms with E-state index < -0.39 is 11.7 Å². The molecule has 1 aromatic heterocycles. The van der Waals surface area contributed by atoms with E-state index in [2.05, 4.69) is 10.4 Å². The van der Waals surface area contributed by atoms with E-state index >= 15 is 0 Å². The van der Waals surface area contributed by atoms with Crippen molar-refractivity contribution in [1.29, 1.82) is 0 Å². The predicted octanol–water partition coefficient (Wildman–Crippen LogP) is 2.68. The van der Waals surface area contributed by atoms with E-state index in [9.17, 15) is 13.2 Å². The zero-order valence-corrected chi connectivity index (χ0v) is 10.7. The van der Waals surface area contributed by atoms with E-state index in [0.717, 1.165) is 24.2 Å². The molecule has 2 saturated carbocycles. The van der Waals surface area contributed by atoms with Crippen LogP contribution in [-0.4, -0.2) is 22.4 Å². The van der Waals surface area contributed by atoms with Crippen molar-refractivity contribution in [3.8, 4) is 0 Å². The van der Waals surface area contributed by atoms with Crippen LogP contribution < -0.4 is 5.32 Å². The van der Waals surface area contributed by atoms with Crippen molar-refractivity contribution < 1.29 is 13.2 Å². The van der Waals surface area contributed by atoms with Crippen LogP contribution in [0.5, 0.6) is 0 Å². The van der Waals surface area contributed by atoms with Crippen molar-refractivity contribution in [3.05, 3.63) is 18.0 Å². The molecule has 1 heterocycles. The van der Waals surface area contributed by atoms with Gasteiger partial charge in [0.15, 0.2) is 0 Å². The van der Waals surface area contributed by atoms with Crippen molar-refractivity contribution in [3.63, 3.8) is 0 Å². The summed E-state index contributed by atoms with van der Waals surface area (Å²) < 4.78 is 38.6. The monoisotopic (exact) mass is 273 g/mol. The van der Waals surface area contributed by atoms with Gasteiger partial charge in [-0.25, -0.2) is 0 Å². The van der Waals surface area contributed by atoms with Gasteiger partial charge in [0.1, 0.15) is 0 Å². The van der Waals surface area contributed by atoms with Gasteiger partial charge in [0.2, 0.25) is 0 Å². The average molecular weight is 273 g/mol. The molecule has 2 aliphatic carbocycles. The molecule has 0 amide bonds. The molecule has 0 aliphatic heterocycles. The first-order chi connectivity index (χ1) is 9.04. The molecule has 0 bridgehead atoms. The lowest BCUT2D eigenvalue weighted by atomic mass is 10.1. The van der Waals surface area contributed by atoms with Crippen molar-refractivity contribution in [1.82, 2.24) is 15.1 Å². The number of hydrogen-bond acceptors (Lipinski definition) is 2. The highest BCUT2D eigenvalue weighted by atomic mass is 19.4. The maximum Gasteiger partial charge on any atom is 0.419 e. The quantitative estimate of drug-likeness (QED) is 0.863. The molecule has 1 aromatic rings. The third-order valence-electron chi connectivity index (χ3n) is 3.94. The van der Waals surface area contributed by atoms with E-state index in [1.807, 2.05) is 0 Å². The van der Waals surface area contributed by atoms with Crippen molar-refractivity contribution >= 4 is 0 Å². The molecule has 2 fully saturated rings. The van der Waals surface area contributed by atoms with E-state index in [1.165, 1.54) is 30.4 Å². The van der Waals surface area contributed by atoms with Crippen LogP contribution in [0.15, 0.2) is 12.4 Å². The Bertz CT molecular complexity index is 421. The summed E-state index contributed by atoms with van der Waals surface area (Å²) in [4.78, 5) is 0. The second-order valence-corrected chi connectivity index (χ2v) is 5.64. The summed E-state index contributed by atoms with van der Waals surface area (Å²) in [6.45, 7) is 1.18. The highest BCUT2D eigenvalue weighted by Gasteiger charge is 2.40. The fourth-order valence-electron chi connectivity index (χ4n) is 2.61. The summed E-state index contributed by atoms with van der Waals surface area (Å²) in [7, 11) is 0. The van der Waals surface area contributed by atoms with Crippen LogP contribution >= 0.6 is 0 Å². The van der Waals surface area contributed by atoms with Crippen LogP contribution in [-0.2, 0) is 12.7 Å². The second-order valence-electron chi connectivity index (χ2n) is 5.64. The summed E-state index contributed by atoms with van der Waals surface area (Å²) in [5.74, 6) is 1.60. The minimum Gasteiger partial charge on any atom is -0.312 e. The standard InChI is InChI=1S/C13H18F3N3/c14-13(15,16)11-7-18-19(8-11)6-5-17-12(9-1-2-9)10-3-4-10/h7-10,12,17H,1-6H2. The van der Waals surface area contributed by atoms with Crippen LogP contribution in [0.2, 0.25) is 0 Å². The highest BCUT2D eigenvalue weighted by molar-refractivity contribution is 5.08. The van der Waals surface area contributed by atoms with Crippen molar-refractivity contribution in [2.24, 2.45) is 11.8 Å². The number of alkyl halides is 3. The van der Waals surface area contributed by atoms with Crippen LogP contribution in [0.4, 0.5) is 13.2 Å². The van der Waals surface area contributed by atoms with Gasteiger partial charge in [0.25, 0.3) is 0 Å². The number of nitrogens with zero attached hydrogens (tertiary/aromatic N) is 2. The van der Waals surface area contributed by atoms with Crippen LogP contribution in [0.25, 0.3) is 0 Å². The van der Waals surface area contributed by atoms with Gasteiger partial charge in [-0.1, -0.05) is 0 Å². The average Bonchev–Trinajstić information content (AvgIpc) is 3.24. The molecule has 0 aromatic carbocycles. The zero-order chi connectivity index (χ0) is 13.5. The first-order valence-corrected chi connectivity index (χ1v) is 6.87. The van der Waals surface area contributed by atoms with Crippen molar-refractivity contribution in [2.75, 3.05) is 6.54 Å². The third-order valence-corrected chi connectivity index (χ3v) is 3.94. The molecule has 0 unspecified atom stereocenters. The Morgan fingerprint density at radius 2 is 1.89 bits per heavy atom. The topological polar surface area (TPSA) is 29.9 Å². The molecule has 19 heavy (non-hydrogen) atoms. The first-order valence-electron chi connectivity index (χ1n) is 6.87. The summed E-state index contributed by atoms with van der Waals surface area (Å²) in [6.07, 6.45) is 2.87. The third kappa shape index (κ3) is 3.29. The molecule has 0 atom stereocenters. The normalized spacial score (nSPS) is 20.2. The van der Waals surface area contributed by atoms with Gasteiger partial charge >= 0.3 is 6.18 Å². The number of hydrogen-bond donors (Lipinski definition) is 1. The van der Waals surface area contributed by atoms with Gasteiger partial charge in [0, 0.05) is 18.8 Å². The molecular formula is C13H18F3N3. The lowest BCUT2D eigenvalue weighted by Gasteiger charge is -2.17. The van der Waals surface area contributed by atoms with Gasteiger partial charge in [-0.2, -0.15) is 18.3 Å². The molecule has 1 N–H and O–H groups in total. The van der Waals surface area contributed by atoms with Gasteiger partial charge in [-0.3, -0.25) is 4.68 Å². The predicted molar refractivity (Wildman–Crippen MR) is 64.5 cm³/mol. The molecule has 3 rings (SSSR count). The Hall–Kier alpha value is -1.04. The number of nitrogens with one attached hydrogen (secondary N) is 1. The maximum absolute atomic E-state index is 12.4. The smallest absolute Gasteiger partial charge is 0.312 e. The fraction of sp³-hybridized carbons (Fsp3) is 0.769. The first kappa shape index (κ1) is 13.0. The molecule has 3 nitrogen and oxygen atoms in total. The van der Waals surface area contributed by atoms with Gasteiger partial charge < -0.3 is 5.32 Å². The minimum absolute atomic E-state index is 0.492. The number of rotatable bonds is 6. The minimum atomic E-state index is -4.30. The lowest BCUT2D eigenvalue weighted by molar-refractivity contribution is -0.137. The molecule has 106 valence electrons. The van der Waals surface area contributed by atoms with E-state index in [1.54, 1.807) is 0 Å². The van der Waals surface area contributed by atoms with Crippen LogP contribution in [0.1, 0.15) is 31.2 Å². The molecule has 2 aliphatic rings. The lowest BCUT2D eigenvalue weighted by Crippen LogP contribution is -2.35. The fourth-order valence-corrected chi connectivity index (χ4v) is 2.61. The summed E-state index contributed by atoms with van der Waals surface area (Å²) in [6, 6.07) is 0.581. The second kappa shape index (κ2) is 4.81. The van der Waals surface area contributed by atoms with Gasteiger partial charge in [-0.05, 0) is 37.5 Å². The summed E-state index contributed by atoms with van der Waals surface area (Å²) in [5.41, 5.74) is -0.673. The SMILES string of the molecule is FC(F)(F)c1cnn(CCNC(C2CC2)C2CC2)c1. The maximum atomic E-state index is 12.4. The Kier molecular flexibility index (Phi) is 3.28. The van der Waals surface area contributed by atoms with Crippen LogP contribution in [0.3, 0.4) is 0 Å². The van der Waals surface area contributed by atoms with E-state index in [4.69, 9.17) is 0 Å². The number of aromatic nitrogens is 2.